The van der Waals surface area contributed by atoms with Crippen molar-refractivity contribution >= 4 is 18.2 Å². The number of carboxylic acids is 1. The highest BCUT2D eigenvalue weighted by atomic mass is 16.7. The molecule has 1 aromatic carbocycles. The van der Waals surface area contributed by atoms with Gasteiger partial charge in [-0.3, -0.25) is 0 Å². The lowest BCUT2D eigenvalue weighted by Gasteiger charge is -2.38. The van der Waals surface area contributed by atoms with Crippen molar-refractivity contribution in [1.29, 1.82) is 1.43 Å². The van der Waals surface area contributed by atoms with Crippen LogP contribution in [-0.2, 0) is 20.9 Å². The van der Waals surface area contributed by atoms with Gasteiger partial charge in [-0.25, -0.2) is 14.4 Å². The number of nitrogens with zero attached hydrogens (tertiary/aromatic N) is 2. The Morgan fingerprint density at radius 2 is 1.71 bits per heavy atom. The molecule has 1 fully saturated rings. The van der Waals surface area contributed by atoms with Gasteiger partial charge in [-0.15, -0.1) is 0 Å². The van der Waals surface area contributed by atoms with E-state index in [4.69, 9.17) is 20.4 Å². The Morgan fingerprint density at radius 3 is 2.32 bits per heavy atom. The molecule has 1 aliphatic heterocycles. The summed E-state index contributed by atoms with van der Waals surface area (Å²) in [7, 11) is 2.84. The number of amides is 2. The minimum atomic E-state index is -1.89. The van der Waals surface area contributed by atoms with Crippen molar-refractivity contribution in [1.82, 2.24) is 9.80 Å². The monoisotopic (exact) mass is 545 g/mol. The van der Waals surface area contributed by atoms with E-state index in [-0.39, 0.29) is 36.4 Å². The van der Waals surface area contributed by atoms with Crippen LogP contribution in [0.5, 0.6) is 11.5 Å². The average molecular weight is 546 g/mol. The van der Waals surface area contributed by atoms with Crippen LogP contribution in [0.3, 0.4) is 0 Å². The molecule has 5 atom stereocenters. The van der Waals surface area contributed by atoms with Gasteiger partial charge in [0.2, 0.25) is 6.29 Å². The summed E-state index contributed by atoms with van der Waals surface area (Å²) in [6.45, 7) is 6.06. The van der Waals surface area contributed by atoms with Crippen LogP contribution < -0.4 is 9.47 Å². The fourth-order valence-corrected chi connectivity index (χ4v) is 3.16. The van der Waals surface area contributed by atoms with Gasteiger partial charge in [-0.05, 0) is 17.5 Å². The first kappa shape index (κ1) is 29.2. The molecule has 2 amide bonds. The minimum absolute atomic E-state index is 0.00608. The molecule has 0 bridgehead atoms. The van der Waals surface area contributed by atoms with Crippen molar-refractivity contribution in [3.8, 4) is 11.5 Å². The number of hydrogen-bond donors (Lipinski definition) is 5. The topological polar surface area (TPSA) is 196 Å². The van der Waals surface area contributed by atoms with Crippen LogP contribution in [0.4, 0.5) is 9.59 Å². The molecule has 1 saturated heterocycles. The number of rotatable bonds is 10. The van der Waals surface area contributed by atoms with Crippen LogP contribution in [0.2, 0.25) is 0 Å². The third-order valence-electron chi connectivity index (χ3n) is 5.51. The van der Waals surface area contributed by atoms with Crippen LogP contribution in [0, 0.1) is 5.41 Å². The predicted octanol–water partition coefficient (Wildman–Crippen LogP) is 0.561. The highest BCUT2D eigenvalue weighted by molar-refractivity contribution is 5.73. The molecule has 2 rings (SSSR count). The van der Waals surface area contributed by atoms with Gasteiger partial charge in [-0.2, -0.15) is 0 Å². The number of ether oxygens (including phenoxy) is 4. The van der Waals surface area contributed by atoms with Crippen molar-refractivity contribution in [2.24, 2.45) is 5.41 Å². The number of benzene rings is 1. The summed E-state index contributed by atoms with van der Waals surface area (Å²) in [5.41, 5.74) is 0.112. The molecular formula is C24H36N2O12. The Bertz CT molecular complexity index is 1000. The van der Waals surface area contributed by atoms with Gasteiger partial charge >= 0.3 is 18.2 Å². The van der Waals surface area contributed by atoms with E-state index in [1.165, 1.54) is 31.1 Å². The summed E-state index contributed by atoms with van der Waals surface area (Å²) in [5, 5.41) is 43.6. The molecule has 0 spiro atoms. The second kappa shape index (κ2) is 13.0. The molecule has 5 N–H and O–H groups in total. The number of aliphatic hydroxyl groups excluding tert-OH is 3. The van der Waals surface area contributed by atoms with Crippen molar-refractivity contribution in [3.63, 3.8) is 0 Å². The fraction of sp³-hybridized carbons (Fsp3) is 0.625. The van der Waals surface area contributed by atoms with Crippen molar-refractivity contribution in [2.75, 3.05) is 33.8 Å². The number of carbonyl (C=O) groups excluding carboxylic acids is 1. The number of carbonyl (C=O) groups is 3. The molecule has 14 nitrogen and oxygen atoms in total. The standard InChI is InChI=1S/C24H36N2O12/c1-24(2,3)12-36-14-7-6-13(11-35-23(34)26(5)9-8-25(4)22(32)33)15(10-14)37-21-18(29)16(27)17(28)19(38-21)20(30)31/h6-7,10,16-19,21,27-29H,8-9,11-12H2,1-5H3,(H,30,31)(H,32,33)/t16-,17-,18+,19-,21+/m0/s1/i/hD. The maximum Gasteiger partial charge on any atom is 0.409 e. The van der Waals surface area contributed by atoms with E-state index in [1.807, 2.05) is 20.8 Å². The lowest BCUT2D eigenvalue weighted by molar-refractivity contribution is -0.271. The average Bonchev–Trinajstić information content (AvgIpc) is 2.88. The van der Waals surface area contributed by atoms with Crippen molar-refractivity contribution in [3.05, 3.63) is 23.8 Å². The zero-order valence-corrected chi connectivity index (χ0v) is 21.9. The van der Waals surface area contributed by atoms with Crippen molar-refractivity contribution in [2.45, 2.75) is 58.1 Å². The zero-order valence-electron chi connectivity index (χ0n) is 22.9. The molecular weight excluding hydrogens is 508 g/mol. The predicted molar refractivity (Wildman–Crippen MR) is 130 cm³/mol. The molecule has 14 heteroatoms. The van der Waals surface area contributed by atoms with E-state index in [0.29, 0.717) is 12.4 Å². The first-order valence-corrected chi connectivity index (χ1v) is 11.8. The van der Waals surface area contributed by atoms with E-state index < -0.39 is 48.9 Å². The second-order valence-electron chi connectivity index (χ2n) is 10.1. The molecule has 0 saturated carbocycles. The fourth-order valence-electron chi connectivity index (χ4n) is 3.16. The molecule has 1 heterocycles. The van der Waals surface area contributed by atoms with Crippen molar-refractivity contribution < 1.29 is 58.9 Å². The van der Waals surface area contributed by atoms with Crippen LogP contribution >= 0.6 is 0 Å². The Labute approximate surface area is 221 Å². The summed E-state index contributed by atoms with van der Waals surface area (Å²) in [4.78, 5) is 37.5. The highest BCUT2D eigenvalue weighted by Crippen LogP contribution is 2.31. The van der Waals surface area contributed by atoms with Crippen LogP contribution in [0.1, 0.15) is 26.3 Å². The van der Waals surface area contributed by atoms with Crippen LogP contribution in [0.25, 0.3) is 1.43 Å². The first-order valence-electron chi connectivity index (χ1n) is 12.2. The van der Waals surface area contributed by atoms with Crippen LogP contribution in [-0.4, -0.2) is 118 Å². The van der Waals surface area contributed by atoms with Crippen LogP contribution in [0.15, 0.2) is 18.2 Å². The summed E-state index contributed by atoms with van der Waals surface area (Å²) in [5.74, 6) is -1.20. The largest absolute Gasteiger partial charge is 0.493 e. The van der Waals surface area contributed by atoms with Gasteiger partial charge in [0.15, 0.2) is 6.10 Å². The second-order valence-corrected chi connectivity index (χ2v) is 10.1. The molecule has 0 aromatic heterocycles. The SMILES string of the molecule is [2H]OC(=O)N(C)CCN(C)C(=O)OCc1ccc(OCC(C)(C)C)cc1O[C@@H]1O[C@H](C(=O)O)[C@@H](O)[C@H](O)[C@H]1O. The smallest absolute Gasteiger partial charge is 0.409 e. The number of carboxylic acid groups (broad SMARTS) is 2. The maximum absolute atomic E-state index is 12.5. The van der Waals surface area contributed by atoms with Gasteiger partial charge in [0.05, 0.1) is 6.61 Å². The van der Waals surface area contributed by atoms with Gasteiger partial charge in [0.25, 0.3) is 1.43 Å². The first-order chi connectivity index (χ1) is 18.1. The molecule has 0 unspecified atom stereocenters. The summed E-state index contributed by atoms with van der Waals surface area (Å²) in [6.07, 6.45) is -10.8. The molecule has 0 aliphatic carbocycles. The van der Waals surface area contributed by atoms with E-state index in [0.717, 1.165) is 4.90 Å². The Balaban J connectivity index is 2.19. The van der Waals surface area contributed by atoms with Gasteiger partial charge in [0, 0.05) is 38.8 Å². The molecule has 1 aromatic rings. The lowest BCUT2D eigenvalue weighted by Crippen LogP contribution is -2.61. The summed E-state index contributed by atoms with van der Waals surface area (Å²) in [6, 6.07) is 4.57. The third-order valence-corrected chi connectivity index (χ3v) is 5.51. The summed E-state index contributed by atoms with van der Waals surface area (Å²) >= 11 is 0. The molecule has 38 heavy (non-hydrogen) atoms. The lowest BCUT2D eigenvalue weighted by atomic mass is 9.98. The maximum atomic E-state index is 12.5. The third kappa shape index (κ3) is 8.62. The van der Waals surface area contributed by atoms with E-state index in [1.54, 1.807) is 6.07 Å². The Morgan fingerprint density at radius 1 is 1.05 bits per heavy atom. The van der Waals surface area contributed by atoms with E-state index >= 15 is 0 Å². The number of aliphatic carboxylic acids is 1. The number of likely N-dealkylation sites (N-methyl/N-ethyl adjacent to an activating group) is 2. The molecule has 1 aliphatic rings. The highest BCUT2D eigenvalue weighted by Gasteiger charge is 2.48. The number of aliphatic hydroxyl groups is 3. The molecule has 0 radical (unpaired) electrons. The Hall–Kier alpha value is -3.33. The van der Waals surface area contributed by atoms with E-state index in [2.05, 4.69) is 5.11 Å². The van der Waals surface area contributed by atoms with E-state index in [9.17, 15) is 34.8 Å². The normalized spacial score (nSPS) is 23.6. The Kier molecular flexibility index (Phi) is 9.96. The zero-order chi connectivity index (χ0) is 29.5. The van der Waals surface area contributed by atoms with Gasteiger partial charge in [-0.1, -0.05) is 20.8 Å². The van der Waals surface area contributed by atoms with Gasteiger partial charge < -0.3 is 54.3 Å². The quantitative estimate of drug-likeness (QED) is 0.274. The molecule has 214 valence electrons. The number of hydrogen-bond acceptors (Lipinski definition) is 11. The minimum Gasteiger partial charge on any atom is -0.493 e. The van der Waals surface area contributed by atoms with Gasteiger partial charge in [0.1, 0.15) is 36.4 Å². The summed E-state index contributed by atoms with van der Waals surface area (Å²) < 4.78 is 28.7.